The molecule has 9 nitrogen and oxygen atoms in total. The third-order valence-corrected chi connectivity index (χ3v) is 14.6. The van der Waals surface area contributed by atoms with Gasteiger partial charge in [-0.2, -0.15) is 0 Å². The summed E-state index contributed by atoms with van der Waals surface area (Å²) in [6.45, 7) is 4.89. The summed E-state index contributed by atoms with van der Waals surface area (Å²) >= 11 is 0. The van der Waals surface area contributed by atoms with E-state index in [4.69, 9.17) is 18.9 Å². The molecule has 0 aliphatic heterocycles. The maximum absolute atomic E-state index is 12.9. The summed E-state index contributed by atoms with van der Waals surface area (Å²) in [5.41, 5.74) is 0. The number of likely N-dealkylation sites (N-methyl/N-ethyl adjacent to an activating group) is 1. The van der Waals surface area contributed by atoms with Crippen molar-refractivity contribution in [3.63, 3.8) is 0 Å². The van der Waals surface area contributed by atoms with Crippen LogP contribution in [0.2, 0.25) is 0 Å². The van der Waals surface area contributed by atoms with Gasteiger partial charge in [-0.1, -0.05) is 269 Å². The number of unbranched alkanes of at least 4 members (excludes halogenated alkanes) is 40. The maximum Gasteiger partial charge on any atom is 0.361 e. The Morgan fingerprint density at radius 3 is 1.05 bits per heavy atom. The van der Waals surface area contributed by atoms with E-state index in [0.717, 1.165) is 57.8 Å². The molecule has 0 saturated carbocycles. The van der Waals surface area contributed by atoms with E-state index in [2.05, 4.69) is 50.3 Å². The van der Waals surface area contributed by atoms with Crippen molar-refractivity contribution in [3.05, 3.63) is 36.5 Å². The van der Waals surface area contributed by atoms with E-state index in [1.165, 1.54) is 231 Å². The van der Waals surface area contributed by atoms with Crippen molar-refractivity contribution in [2.75, 3.05) is 47.5 Å². The van der Waals surface area contributed by atoms with Crippen LogP contribution in [0.25, 0.3) is 0 Å². The Hall–Kier alpha value is -2.49. The zero-order valence-electron chi connectivity index (χ0n) is 50.9. The van der Waals surface area contributed by atoms with Gasteiger partial charge in [-0.3, -0.25) is 9.59 Å². The van der Waals surface area contributed by atoms with Crippen LogP contribution in [-0.4, -0.2) is 87.4 Å². The summed E-state index contributed by atoms with van der Waals surface area (Å²) in [6, 6.07) is 0. The third-order valence-electron chi connectivity index (χ3n) is 14.6. The molecule has 0 aromatic heterocycles. The number of esters is 2. The highest BCUT2D eigenvalue weighted by Crippen LogP contribution is 2.18. The van der Waals surface area contributed by atoms with Crippen LogP contribution in [0.3, 0.4) is 0 Å². The molecule has 0 aliphatic carbocycles. The van der Waals surface area contributed by atoms with E-state index >= 15 is 0 Å². The zero-order chi connectivity index (χ0) is 55.5. The monoisotopic (exact) mass is 1070 g/mol. The Bertz CT molecular complexity index is 1340. The fourth-order valence-corrected chi connectivity index (χ4v) is 9.57. The van der Waals surface area contributed by atoms with Gasteiger partial charge in [0.2, 0.25) is 0 Å². The maximum atomic E-state index is 12.9. The molecule has 0 aliphatic rings. The molecule has 2 atom stereocenters. The van der Waals surface area contributed by atoms with E-state index in [0.29, 0.717) is 17.4 Å². The molecule has 76 heavy (non-hydrogen) atoms. The van der Waals surface area contributed by atoms with Crippen LogP contribution in [0.4, 0.5) is 0 Å². The first-order valence-electron chi connectivity index (χ1n) is 32.7. The molecule has 0 aromatic carbocycles. The van der Waals surface area contributed by atoms with Crippen molar-refractivity contribution in [1.82, 2.24) is 0 Å². The van der Waals surface area contributed by atoms with E-state index in [1.54, 1.807) is 0 Å². The predicted octanol–water partition coefficient (Wildman–Crippen LogP) is 19.6. The zero-order valence-corrected chi connectivity index (χ0v) is 50.9. The van der Waals surface area contributed by atoms with Crippen LogP contribution in [-0.2, 0) is 33.3 Å². The Morgan fingerprint density at radius 1 is 0.395 bits per heavy atom. The standard InChI is InChI=1S/C67H125NO8/c1-6-8-10-12-14-16-18-20-22-23-24-25-26-27-28-29-30-31-32-33-34-35-36-37-38-39-40-41-42-43-44-46-48-50-52-54-56-58-65(70)76-63(62-75-67(66(71)72)73-60-59-68(3,4)5)61-74-64(69)57-55-53-51-49-47-45-21-19-17-15-13-11-9-7-2/h18-21,23-24,63,67H,6-17,22,25-62H2,1-5H3/p+1/b20-18-,21-19-,24-23-. The molecule has 9 heteroatoms. The molecule has 0 heterocycles. The molecule has 0 amide bonds. The van der Waals surface area contributed by atoms with Crippen LogP contribution >= 0.6 is 0 Å². The fraction of sp³-hybridized carbons (Fsp3) is 0.866. The van der Waals surface area contributed by atoms with Crippen LogP contribution in [0.5, 0.6) is 0 Å². The third kappa shape index (κ3) is 59.2. The van der Waals surface area contributed by atoms with Gasteiger partial charge >= 0.3 is 17.9 Å². The minimum absolute atomic E-state index is 0.182. The second-order valence-corrected chi connectivity index (χ2v) is 23.4. The number of quaternary nitrogens is 1. The van der Waals surface area contributed by atoms with Gasteiger partial charge in [0.25, 0.3) is 6.29 Å². The minimum Gasteiger partial charge on any atom is -0.477 e. The largest absolute Gasteiger partial charge is 0.477 e. The number of ether oxygens (including phenoxy) is 4. The van der Waals surface area contributed by atoms with E-state index in [1.807, 2.05) is 21.1 Å². The number of carboxylic acid groups (broad SMARTS) is 1. The molecule has 0 saturated heterocycles. The number of carbonyl (C=O) groups excluding carboxylic acids is 2. The second kappa shape index (κ2) is 58.7. The molecule has 1 N–H and O–H groups in total. The van der Waals surface area contributed by atoms with Gasteiger partial charge in [0.05, 0.1) is 34.4 Å². The summed E-state index contributed by atoms with van der Waals surface area (Å²) in [5, 5.41) is 9.70. The fourth-order valence-electron chi connectivity index (χ4n) is 9.57. The van der Waals surface area contributed by atoms with Crippen molar-refractivity contribution in [1.29, 1.82) is 0 Å². The number of aliphatic carboxylic acids is 1. The molecule has 0 fully saturated rings. The average molecular weight is 1070 g/mol. The van der Waals surface area contributed by atoms with Gasteiger partial charge in [-0.25, -0.2) is 4.79 Å². The lowest BCUT2D eigenvalue weighted by Gasteiger charge is -2.25. The summed E-state index contributed by atoms with van der Waals surface area (Å²) in [5.74, 6) is -2.00. The number of nitrogens with zero attached hydrogens (tertiary/aromatic N) is 1. The van der Waals surface area contributed by atoms with Crippen LogP contribution in [0.15, 0.2) is 36.5 Å². The van der Waals surface area contributed by atoms with Crippen molar-refractivity contribution < 1.29 is 42.9 Å². The smallest absolute Gasteiger partial charge is 0.361 e. The molecule has 0 spiro atoms. The lowest BCUT2D eigenvalue weighted by molar-refractivity contribution is -0.870. The molecular formula is C67H126NO8+. The minimum atomic E-state index is -1.51. The summed E-state index contributed by atoms with van der Waals surface area (Å²) < 4.78 is 22.9. The van der Waals surface area contributed by atoms with Gasteiger partial charge in [0.1, 0.15) is 13.2 Å². The highest BCUT2D eigenvalue weighted by atomic mass is 16.7. The lowest BCUT2D eigenvalue weighted by atomic mass is 10.0. The van der Waals surface area contributed by atoms with Crippen molar-refractivity contribution in [2.24, 2.45) is 0 Å². The number of carboxylic acids is 1. The topological polar surface area (TPSA) is 108 Å². The summed E-state index contributed by atoms with van der Waals surface area (Å²) in [6.07, 6.45) is 69.8. The van der Waals surface area contributed by atoms with E-state index < -0.39 is 24.3 Å². The number of hydrogen-bond donors (Lipinski definition) is 1. The molecule has 0 rings (SSSR count). The van der Waals surface area contributed by atoms with Crippen LogP contribution in [0.1, 0.15) is 316 Å². The Balaban J connectivity index is 3.96. The molecule has 0 radical (unpaired) electrons. The summed E-state index contributed by atoms with van der Waals surface area (Å²) in [4.78, 5) is 37.4. The van der Waals surface area contributed by atoms with E-state index in [9.17, 15) is 19.5 Å². The van der Waals surface area contributed by atoms with E-state index in [-0.39, 0.29) is 32.2 Å². The number of hydrogen-bond acceptors (Lipinski definition) is 7. The first-order chi connectivity index (χ1) is 37.1. The SMILES string of the molecule is CCCCCCC/C=C\C/C=C\CCCCCCCCCCCCCCCCCCCCCCCCCCCC(=O)OC(COC(=O)CCCCCCC/C=C\CCCCCCC)COC(OCC[N+](C)(C)C)C(=O)O. The highest BCUT2D eigenvalue weighted by molar-refractivity contribution is 5.71. The Morgan fingerprint density at radius 2 is 0.711 bits per heavy atom. The molecule has 0 bridgehead atoms. The quantitative estimate of drug-likeness (QED) is 0.0211. The number of allylic oxidation sites excluding steroid dienone is 6. The Labute approximate surface area is 470 Å². The highest BCUT2D eigenvalue weighted by Gasteiger charge is 2.25. The molecule has 0 aromatic rings. The average Bonchev–Trinajstić information content (AvgIpc) is 3.39. The van der Waals surface area contributed by atoms with Gasteiger partial charge in [-0.15, -0.1) is 0 Å². The number of carbonyl (C=O) groups is 3. The Kier molecular flexibility index (Phi) is 56.7. The van der Waals surface area contributed by atoms with Gasteiger partial charge in [0, 0.05) is 12.8 Å². The van der Waals surface area contributed by atoms with Gasteiger partial charge in [-0.05, 0) is 70.6 Å². The van der Waals surface area contributed by atoms with Crippen molar-refractivity contribution in [3.8, 4) is 0 Å². The summed E-state index contributed by atoms with van der Waals surface area (Å²) in [7, 11) is 5.98. The first-order valence-corrected chi connectivity index (χ1v) is 32.7. The number of rotatable bonds is 61. The molecular weight excluding hydrogens is 947 g/mol. The van der Waals surface area contributed by atoms with Crippen LogP contribution < -0.4 is 0 Å². The lowest BCUT2D eigenvalue weighted by Crippen LogP contribution is -2.40. The molecule has 446 valence electrons. The van der Waals surface area contributed by atoms with Gasteiger partial charge < -0.3 is 28.5 Å². The van der Waals surface area contributed by atoms with Crippen molar-refractivity contribution in [2.45, 2.75) is 328 Å². The normalized spacial score (nSPS) is 12.9. The predicted molar refractivity (Wildman–Crippen MR) is 323 cm³/mol. The first kappa shape index (κ1) is 73.5. The van der Waals surface area contributed by atoms with Crippen LogP contribution in [0, 0.1) is 0 Å². The molecule has 2 unspecified atom stereocenters. The van der Waals surface area contributed by atoms with Crippen molar-refractivity contribution >= 4 is 17.9 Å². The van der Waals surface area contributed by atoms with Gasteiger partial charge in [0.15, 0.2) is 6.10 Å². The second-order valence-electron chi connectivity index (χ2n) is 23.4.